The second-order valence-electron chi connectivity index (χ2n) is 8.91. The Labute approximate surface area is 168 Å². The molecule has 3 fully saturated rings. The average molecular weight is 387 g/mol. The van der Waals surface area contributed by atoms with E-state index in [1.54, 1.807) is 0 Å². The van der Waals surface area contributed by atoms with Gasteiger partial charge in [-0.2, -0.15) is 0 Å². The Kier molecular flexibility index (Phi) is 5.85. The van der Waals surface area contributed by atoms with Crippen LogP contribution in [0.2, 0.25) is 0 Å². The number of hydrogen-bond acceptors (Lipinski definition) is 5. The topological polar surface area (TPSA) is 58.6 Å². The van der Waals surface area contributed by atoms with Crippen LogP contribution in [0.4, 0.5) is 5.82 Å². The van der Waals surface area contributed by atoms with E-state index in [1.807, 2.05) is 13.1 Å². The van der Waals surface area contributed by atoms with Gasteiger partial charge < -0.3 is 14.5 Å². The lowest BCUT2D eigenvalue weighted by atomic mass is 9.72. The number of aryl methyl sites for hydroxylation is 2. The lowest BCUT2D eigenvalue weighted by Crippen LogP contribution is -2.53. The summed E-state index contributed by atoms with van der Waals surface area (Å²) in [5.74, 6) is 2.30. The van der Waals surface area contributed by atoms with E-state index in [2.05, 4.69) is 21.7 Å². The Balaban J connectivity index is 1.41. The molecule has 0 unspecified atom stereocenters. The maximum Gasteiger partial charge on any atom is 0.222 e. The third kappa shape index (κ3) is 4.17. The minimum atomic E-state index is 0.250. The van der Waals surface area contributed by atoms with Crippen molar-refractivity contribution in [2.24, 2.45) is 5.41 Å². The molecule has 1 spiro atoms. The summed E-state index contributed by atoms with van der Waals surface area (Å²) >= 11 is 0. The molecule has 3 saturated heterocycles. The van der Waals surface area contributed by atoms with Crippen LogP contribution in [0.1, 0.15) is 63.3 Å². The fourth-order valence-electron chi connectivity index (χ4n) is 5.11. The number of piperidine rings is 2. The second-order valence-corrected chi connectivity index (χ2v) is 8.91. The Morgan fingerprint density at radius 1 is 1.29 bits per heavy atom. The Morgan fingerprint density at radius 3 is 2.82 bits per heavy atom. The van der Waals surface area contributed by atoms with Gasteiger partial charge in [-0.15, -0.1) is 0 Å². The molecule has 4 rings (SSSR count). The number of likely N-dealkylation sites (tertiary alicyclic amines) is 1. The van der Waals surface area contributed by atoms with Crippen LogP contribution in [0, 0.1) is 12.3 Å². The van der Waals surface area contributed by atoms with Gasteiger partial charge in [0.15, 0.2) is 0 Å². The van der Waals surface area contributed by atoms with Gasteiger partial charge in [-0.25, -0.2) is 9.97 Å². The summed E-state index contributed by atoms with van der Waals surface area (Å²) < 4.78 is 5.79. The van der Waals surface area contributed by atoms with Crippen molar-refractivity contribution in [2.75, 3.05) is 37.7 Å². The van der Waals surface area contributed by atoms with Gasteiger partial charge in [0.05, 0.1) is 6.10 Å². The summed E-state index contributed by atoms with van der Waals surface area (Å²) in [7, 11) is 0. The Hall–Kier alpha value is -1.69. The molecule has 154 valence electrons. The van der Waals surface area contributed by atoms with Crippen molar-refractivity contribution >= 4 is 11.7 Å². The zero-order valence-electron chi connectivity index (χ0n) is 17.5. The van der Waals surface area contributed by atoms with E-state index in [0.29, 0.717) is 12.3 Å². The fourth-order valence-corrected chi connectivity index (χ4v) is 5.11. The molecular formula is C22H34N4O2. The molecule has 28 heavy (non-hydrogen) atoms. The first kappa shape index (κ1) is 19.6. The predicted molar refractivity (Wildman–Crippen MR) is 109 cm³/mol. The van der Waals surface area contributed by atoms with E-state index in [1.165, 1.54) is 5.56 Å². The lowest BCUT2D eigenvalue weighted by Gasteiger charge is -2.48. The summed E-state index contributed by atoms with van der Waals surface area (Å²) in [5, 5.41) is 0. The molecule has 0 aliphatic carbocycles. The van der Waals surface area contributed by atoms with Gasteiger partial charge in [-0.3, -0.25) is 4.79 Å². The molecule has 0 N–H and O–H groups in total. The van der Waals surface area contributed by atoms with Crippen molar-refractivity contribution < 1.29 is 9.53 Å². The third-order valence-corrected chi connectivity index (χ3v) is 6.80. The number of anilines is 1. The number of carbonyl (C=O) groups is 1. The van der Waals surface area contributed by atoms with E-state index in [-0.39, 0.29) is 11.5 Å². The molecule has 3 aliphatic heterocycles. The van der Waals surface area contributed by atoms with Gasteiger partial charge in [0, 0.05) is 51.0 Å². The zero-order valence-corrected chi connectivity index (χ0v) is 17.5. The highest BCUT2D eigenvalue weighted by atomic mass is 16.5. The van der Waals surface area contributed by atoms with Gasteiger partial charge in [-0.05, 0) is 50.9 Å². The number of rotatable bonds is 5. The van der Waals surface area contributed by atoms with Crippen LogP contribution in [-0.4, -0.2) is 59.7 Å². The van der Waals surface area contributed by atoms with Gasteiger partial charge in [0.25, 0.3) is 0 Å². The molecule has 1 amide bonds. The number of nitrogens with zero attached hydrogens (tertiary/aromatic N) is 4. The number of aromatic nitrogens is 2. The summed E-state index contributed by atoms with van der Waals surface area (Å²) in [4.78, 5) is 26.2. The molecule has 0 saturated carbocycles. The number of carbonyl (C=O) groups excluding carboxylic acids is 1. The second kappa shape index (κ2) is 8.36. The van der Waals surface area contributed by atoms with Crippen molar-refractivity contribution in [3.8, 4) is 0 Å². The summed E-state index contributed by atoms with van der Waals surface area (Å²) in [6.07, 6.45) is 10.6. The molecule has 0 bridgehead atoms. The molecule has 6 nitrogen and oxygen atoms in total. The fraction of sp³-hybridized carbons (Fsp3) is 0.773. The van der Waals surface area contributed by atoms with E-state index >= 15 is 0 Å². The van der Waals surface area contributed by atoms with Crippen molar-refractivity contribution in [1.82, 2.24) is 14.9 Å². The van der Waals surface area contributed by atoms with Gasteiger partial charge in [0.2, 0.25) is 5.91 Å². The largest absolute Gasteiger partial charge is 0.376 e. The molecule has 4 heterocycles. The molecule has 6 heteroatoms. The molecular weight excluding hydrogens is 352 g/mol. The first-order chi connectivity index (χ1) is 13.6. The molecule has 0 radical (unpaired) electrons. The monoisotopic (exact) mass is 386 g/mol. The first-order valence-electron chi connectivity index (χ1n) is 11.1. The van der Waals surface area contributed by atoms with Crippen LogP contribution >= 0.6 is 0 Å². The smallest absolute Gasteiger partial charge is 0.222 e. The molecule has 1 aromatic heterocycles. The van der Waals surface area contributed by atoms with Crippen LogP contribution in [0.15, 0.2) is 6.20 Å². The number of ether oxygens (including phenoxy) is 1. The van der Waals surface area contributed by atoms with Gasteiger partial charge in [0.1, 0.15) is 11.6 Å². The maximum atomic E-state index is 12.5. The van der Waals surface area contributed by atoms with Crippen molar-refractivity contribution in [1.29, 1.82) is 0 Å². The highest BCUT2D eigenvalue weighted by Gasteiger charge is 2.42. The Bertz CT molecular complexity index is 694. The minimum Gasteiger partial charge on any atom is -0.376 e. The Morgan fingerprint density at radius 2 is 2.11 bits per heavy atom. The maximum absolute atomic E-state index is 12.5. The molecule has 1 atom stereocenters. The van der Waals surface area contributed by atoms with E-state index in [0.717, 1.165) is 89.4 Å². The summed E-state index contributed by atoms with van der Waals surface area (Å²) in [6.45, 7) is 8.77. The van der Waals surface area contributed by atoms with Gasteiger partial charge >= 0.3 is 0 Å². The summed E-state index contributed by atoms with van der Waals surface area (Å²) in [5.41, 5.74) is 1.54. The van der Waals surface area contributed by atoms with E-state index < -0.39 is 0 Å². The summed E-state index contributed by atoms with van der Waals surface area (Å²) in [6, 6.07) is 0. The normalized spacial score (nSPS) is 24.9. The van der Waals surface area contributed by atoms with Crippen LogP contribution < -0.4 is 4.90 Å². The van der Waals surface area contributed by atoms with E-state index in [9.17, 15) is 4.79 Å². The van der Waals surface area contributed by atoms with E-state index in [4.69, 9.17) is 9.72 Å². The van der Waals surface area contributed by atoms with Crippen molar-refractivity contribution in [3.63, 3.8) is 0 Å². The molecule has 3 aliphatic rings. The number of hydrogen-bond donors (Lipinski definition) is 0. The minimum absolute atomic E-state index is 0.250. The third-order valence-electron chi connectivity index (χ3n) is 6.80. The zero-order chi connectivity index (χ0) is 19.6. The van der Waals surface area contributed by atoms with Gasteiger partial charge in [-0.1, -0.05) is 13.3 Å². The van der Waals surface area contributed by atoms with Crippen LogP contribution in [0.25, 0.3) is 0 Å². The van der Waals surface area contributed by atoms with Crippen molar-refractivity contribution in [3.05, 3.63) is 17.6 Å². The standard InChI is InChI=1S/C22H34N4O2/c1-3-5-18-14-23-17(2)24-21(18)25-11-9-22(10-12-25)8-7-20(27)26(16-22)15-19-6-4-13-28-19/h14,19H,3-13,15-16H2,1-2H3/t19-/m0/s1. The highest BCUT2D eigenvalue weighted by Crippen LogP contribution is 2.41. The number of amides is 1. The van der Waals surface area contributed by atoms with Crippen LogP contribution in [-0.2, 0) is 16.0 Å². The quantitative estimate of drug-likeness (QED) is 0.778. The average Bonchev–Trinajstić information content (AvgIpc) is 3.20. The van der Waals surface area contributed by atoms with Crippen LogP contribution in [0.5, 0.6) is 0 Å². The predicted octanol–water partition coefficient (Wildman–Crippen LogP) is 3.13. The first-order valence-corrected chi connectivity index (χ1v) is 11.1. The van der Waals surface area contributed by atoms with Crippen LogP contribution in [0.3, 0.4) is 0 Å². The molecule has 1 aromatic rings. The lowest BCUT2D eigenvalue weighted by molar-refractivity contribution is -0.140. The molecule has 0 aromatic carbocycles. The highest BCUT2D eigenvalue weighted by molar-refractivity contribution is 5.77. The van der Waals surface area contributed by atoms with Crippen molar-refractivity contribution in [2.45, 2.75) is 71.3 Å². The SMILES string of the molecule is CCCc1cnc(C)nc1N1CCC2(CCC(=O)N(C[C@@H]3CCCO3)C2)CC1.